The summed E-state index contributed by atoms with van der Waals surface area (Å²) in [6.45, 7) is 1.14. The number of ether oxygens (including phenoxy) is 1. The molecule has 0 saturated heterocycles. The molecule has 1 unspecified atom stereocenters. The van der Waals surface area contributed by atoms with E-state index in [1.54, 1.807) is 0 Å². The Hall–Kier alpha value is -1.39. The van der Waals surface area contributed by atoms with Crippen LogP contribution in [0.2, 0.25) is 0 Å². The normalized spacial score (nSPS) is 11.8. The molecule has 0 aliphatic rings. The number of carbonyl (C=O) groups excluding carboxylic acids is 3. The molecule has 0 bridgehead atoms. The van der Waals surface area contributed by atoms with Crippen LogP contribution in [-0.4, -0.2) is 24.8 Å². The third kappa shape index (κ3) is 2.37. The van der Waals surface area contributed by atoms with Gasteiger partial charge >= 0.3 is 5.97 Å². The number of rotatable bonds is 3. The van der Waals surface area contributed by atoms with Gasteiger partial charge < -0.3 is 14.6 Å². The lowest BCUT2D eigenvalue weighted by Crippen LogP contribution is -2.38. The molecule has 0 saturated carbocycles. The summed E-state index contributed by atoms with van der Waals surface area (Å²) in [7, 11) is 1.07. The summed E-state index contributed by atoms with van der Waals surface area (Å²) in [5, 5.41) is 9.89. The molecule has 0 N–H and O–H groups in total. The van der Waals surface area contributed by atoms with Crippen molar-refractivity contribution in [1.82, 2.24) is 0 Å². The Morgan fingerprint density at radius 2 is 1.82 bits per heavy atom. The molecule has 1 atom stereocenters. The monoisotopic (exact) mass is 159 g/mol. The molecule has 0 aliphatic heterocycles. The van der Waals surface area contributed by atoms with Crippen molar-refractivity contribution in [2.45, 2.75) is 6.92 Å². The predicted octanol–water partition coefficient (Wildman–Crippen LogP) is -1.89. The second-order valence-electron chi connectivity index (χ2n) is 1.90. The van der Waals surface area contributed by atoms with Gasteiger partial charge in [-0.3, -0.25) is 9.59 Å². The Labute approximate surface area is 63.0 Å². The Balaban J connectivity index is 4.25. The molecule has 5 nitrogen and oxygen atoms in total. The van der Waals surface area contributed by atoms with Crippen LogP contribution >= 0.6 is 0 Å². The average Bonchev–Trinajstić information content (AvgIpc) is 2.00. The Morgan fingerprint density at radius 1 is 1.36 bits per heavy atom. The fourth-order valence-electron chi connectivity index (χ4n) is 0.461. The molecule has 0 spiro atoms. The van der Waals surface area contributed by atoms with Gasteiger partial charge in [0.05, 0.1) is 7.11 Å². The zero-order valence-electron chi connectivity index (χ0n) is 6.12. The summed E-state index contributed by atoms with van der Waals surface area (Å²) in [5.41, 5.74) is 0. The Morgan fingerprint density at radius 3 is 2.09 bits per heavy atom. The Bertz CT molecular complexity index is 195. The van der Waals surface area contributed by atoms with Gasteiger partial charge in [-0.15, -0.1) is 0 Å². The van der Waals surface area contributed by atoms with Crippen molar-refractivity contribution in [3.8, 4) is 0 Å². The van der Waals surface area contributed by atoms with Crippen molar-refractivity contribution in [3.05, 3.63) is 0 Å². The molecule has 0 rings (SSSR count). The lowest BCUT2D eigenvalue weighted by Gasteiger charge is -2.07. The summed E-state index contributed by atoms with van der Waals surface area (Å²) in [5.74, 6) is -5.30. The number of carbonyl (C=O) groups is 3. The van der Waals surface area contributed by atoms with Crippen LogP contribution in [0.15, 0.2) is 0 Å². The number of ketones is 1. The standard InChI is InChI=1S/C6H8O5/c1-3(6(10)11-2)4(7)5(8)9/h3H,1-2H3,(H,8,9)/p-1. The number of carboxylic acids is 1. The van der Waals surface area contributed by atoms with Crippen LogP contribution < -0.4 is 5.11 Å². The first-order chi connectivity index (χ1) is 5.00. The van der Waals surface area contributed by atoms with Gasteiger partial charge in [0.2, 0.25) is 0 Å². The molecule has 0 amide bonds. The molecule has 0 aromatic heterocycles. The van der Waals surface area contributed by atoms with Crippen molar-refractivity contribution in [3.63, 3.8) is 0 Å². The van der Waals surface area contributed by atoms with E-state index < -0.39 is 23.6 Å². The largest absolute Gasteiger partial charge is 0.542 e. The first-order valence-electron chi connectivity index (χ1n) is 2.83. The molecule has 0 aliphatic carbocycles. The van der Waals surface area contributed by atoms with Crippen LogP contribution in [0, 0.1) is 5.92 Å². The number of carboxylic acid groups (broad SMARTS) is 1. The summed E-state index contributed by atoms with van der Waals surface area (Å²) < 4.78 is 4.13. The van der Waals surface area contributed by atoms with Crippen LogP contribution in [0.1, 0.15) is 6.92 Å². The summed E-state index contributed by atoms with van der Waals surface area (Å²) in [4.78, 5) is 30.9. The second kappa shape index (κ2) is 3.70. The average molecular weight is 159 g/mol. The molecule has 0 aromatic carbocycles. The van der Waals surface area contributed by atoms with E-state index in [0.717, 1.165) is 14.0 Å². The highest BCUT2D eigenvalue weighted by molar-refractivity contribution is 6.36. The number of hydrogen-bond donors (Lipinski definition) is 0. The predicted molar refractivity (Wildman–Crippen MR) is 31.2 cm³/mol. The fraction of sp³-hybridized carbons (Fsp3) is 0.500. The van der Waals surface area contributed by atoms with Crippen LogP contribution in [0.25, 0.3) is 0 Å². The van der Waals surface area contributed by atoms with E-state index in [0.29, 0.717) is 0 Å². The zero-order chi connectivity index (χ0) is 9.02. The van der Waals surface area contributed by atoms with Crippen molar-refractivity contribution in [2.75, 3.05) is 7.11 Å². The molecular formula is C6H7O5-. The number of esters is 1. The number of methoxy groups -OCH3 is 1. The number of Topliss-reactive ketones (excluding diaryl/α,β-unsaturated/α-hetero) is 1. The zero-order valence-corrected chi connectivity index (χ0v) is 6.12. The maximum atomic E-state index is 10.5. The maximum Gasteiger partial charge on any atom is 0.316 e. The van der Waals surface area contributed by atoms with Crippen LogP contribution in [0.5, 0.6) is 0 Å². The molecule has 0 radical (unpaired) electrons. The van der Waals surface area contributed by atoms with Crippen LogP contribution in [-0.2, 0) is 19.1 Å². The van der Waals surface area contributed by atoms with Crippen molar-refractivity contribution < 1.29 is 24.2 Å². The molecule has 0 fully saturated rings. The van der Waals surface area contributed by atoms with E-state index in [4.69, 9.17) is 0 Å². The van der Waals surface area contributed by atoms with Gasteiger partial charge in [0.25, 0.3) is 0 Å². The third-order valence-corrected chi connectivity index (χ3v) is 1.15. The second-order valence-corrected chi connectivity index (χ2v) is 1.90. The number of aliphatic carboxylic acids is 1. The highest BCUT2D eigenvalue weighted by Gasteiger charge is 2.22. The van der Waals surface area contributed by atoms with Gasteiger partial charge in [-0.05, 0) is 6.92 Å². The minimum Gasteiger partial charge on any atom is -0.542 e. The summed E-state index contributed by atoms with van der Waals surface area (Å²) in [6.07, 6.45) is 0. The Kier molecular flexibility index (Phi) is 3.23. The van der Waals surface area contributed by atoms with E-state index >= 15 is 0 Å². The SMILES string of the molecule is COC(=O)C(C)C(=O)C(=O)[O-]. The maximum absolute atomic E-state index is 10.5. The lowest BCUT2D eigenvalue weighted by atomic mass is 10.1. The first kappa shape index (κ1) is 9.61. The quantitative estimate of drug-likeness (QED) is 0.273. The smallest absolute Gasteiger partial charge is 0.316 e. The minimum atomic E-state index is -1.87. The van der Waals surface area contributed by atoms with Crippen molar-refractivity contribution >= 4 is 17.7 Å². The molecular weight excluding hydrogens is 152 g/mol. The number of hydrogen-bond acceptors (Lipinski definition) is 5. The van der Waals surface area contributed by atoms with Crippen molar-refractivity contribution in [1.29, 1.82) is 0 Å². The fourth-order valence-corrected chi connectivity index (χ4v) is 0.461. The van der Waals surface area contributed by atoms with Gasteiger partial charge in [-0.2, -0.15) is 0 Å². The summed E-state index contributed by atoms with van der Waals surface area (Å²) >= 11 is 0. The van der Waals surface area contributed by atoms with E-state index in [9.17, 15) is 19.5 Å². The summed E-state index contributed by atoms with van der Waals surface area (Å²) in [6, 6.07) is 0. The van der Waals surface area contributed by atoms with Gasteiger partial charge in [0.1, 0.15) is 11.9 Å². The van der Waals surface area contributed by atoms with Crippen LogP contribution in [0.4, 0.5) is 0 Å². The third-order valence-electron chi connectivity index (χ3n) is 1.15. The molecule has 0 heterocycles. The van der Waals surface area contributed by atoms with Gasteiger partial charge in [0, 0.05) is 0 Å². The van der Waals surface area contributed by atoms with E-state index in [1.165, 1.54) is 0 Å². The topological polar surface area (TPSA) is 83.5 Å². The highest BCUT2D eigenvalue weighted by Crippen LogP contribution is 1.98. The molecule has 11 heavy (non-hydrogen) atoms. The molecule has 0 aromatic rings. The minimum absolute atomic E-state index is 0.876. The molecule has 5 heteroatoms. The van der Waals surface area contributed by atoms with E-state index in [2.05, 4.69) is 4.74 Å². The van der Waals surface area contributed by atoms with E-state index in [-0.39, 0.29) is 0 Å². The van der Waals surface area contributed by atoms with Crippen molar-refractivity contribution in [2.24, 2.45) is 5.92 Å². The first-order valence-corrected chi connectivity index (χ1v) is 2.83. The van der Waals surface area contributed by atoms with Gasteiger partial charge in [-0.1, -0.05) is 0 Å². The highest BCUT2D eigenvalue weighted by atomic mass is 16.5. The van der Waals surface area contributed by atoms with Crippen LogP contribution in [0.3, 0.4) is 0 Å². The lowest BCUT2D eigenvalue weighted by molar-refractivity contribution is -0.300. The van der Waals surface area contributed by atoms with E-state index in [1.807, 2.05) is 0 Å². The molecule has 62 valence electrons. The van der Waals surface area contributed by atoms with Gasteiger partial charge in [-0.25, -0.2) is 0 Å². The van der Waals surface area contributed by atoms with Gasteiger partial charge in [0.15, 0.2) is 5.78 Å².